The highest BCUT2D eigenvalue weighted by molar-refractivity contribution is 7.18. The highest BCUT2D eigenvalue weighted by Crippen LogP contribution is 2.33. The number of ketones is 1. The summed E-state index contributed by atoms with van der Waals surface area (Å²) < 4.78 is 12.5. The Balaban J connectivity index is 1.95. The van der Waals surface area contributed by atoms with Gasteiger partial charge in [0.2, 0.25) is 0 Å². The summed E-state index contributed by atoms with van der Waals surface area (Å²) in [6, 6.07) is 7.76. The summed E-state index contributed by atoms with van der Waals surface area (Å²) in [6.07, 6.45) is -1.52. The number of aliphatic hydroxyl groups is 2. The molecule has 2 aromatic rings. The molecule has 0 bridgehead atoms. The number of thiazole rings is 1. The summed E-state index contributed by atoms with van der Waals surface area (Å²) in [4.78, 5) is 30.6. The van der Waals surface area contributed by atoms with Crippen molar-refractivity contribution in [1.82, 2.24) is 4.98 Å². The number of carbonyl (C=O) groups excluding carboxylic acids is 2. The number of hydrogen-bond acceptors (Lipinski definition) is 9. The Morgan fingerprint density at radius 1 is 1.22 bits per heavy atom. The molecule has 36 heavy (non-hydrogen) atoms. The maximum absolute atomic E-state index is 13.2. The van der Waals surface area contributed by atoms with E-state index < -0.39 is 35.6 Å². The molecule has 0 aliphatic carbocycles. The summed E-state index contributed by atoms with van der Waals surface area (Å²) >= 11 is 1.57. The van der Waals surface area contributed by atoms with Gasteiger partial charge in [-0.25, -0.2) is 4.98 Å². The quantitative estimate of drug-likeness (QED) is 0.546. The van der Waals surface area contributed by atoms with E-state index in [1.165, 1.54) is 0 Å². The molecule has 0 fully saturated rings. The molecule has 2 N–H and O–H groups in total. The first-order valence-corrected chi connectivity index (χ1v) is 12.9. The predicted molar refractivity (Wildman–Crippen MR) is 136 cm³/mol. The molecule has 8 nitrogen and oxygen atoms in total. The van der Waals surface area contributed by atoms with Gasteiger partial charge in [0.15, 0.2) is 0 Å². The van der Waals surface area contributed by atoms with E-state index in [1.54, 1.807) is 45.1 Å². The predicted octanol–water partition coefficient (Wildman–Crippen LogP) is 4.04. The summed E-state index contributed by atoms with van der Waals surface area (Å²) in [7, 11) is 0. The lowest BCUT2D eigenvalue weighted by molar-refractivity contribution is -0.156. The Kier molecular flexibility index (Phi) is 9.01. The third-order valence-electron chi connectivity index (χ3n) is 6.86. The molecule has 0 radical (unpaired) electrons. The van der Waals surface area contributed by atoms with E-state index in [2.05, 4.69) is 11.1 Å². The molecular formula is C27H34N2O6S. The van der Waals surface area contributed by atoms with Crippen LogP contribution in [-0.4, -0.2) is 52.4 Å². The van der Waals surface area contributed by atoms with Crippen LogP contribution in [0.1, 0.15) is 57.2 Å². The fraction of sp³-hybridized carbons (Fsp3) is 0.556. The maximum Gasteiger partial charge on any atom is 0.309 e. The van der Waals surface area contributed by atoms with Crippen LogP contribution in [0.5, 0.6) is 0 Å². The molecule has 1 aliphatic rings. The zero-order valence-electron chi connectivity index (χ0n) is 21.4. The molecule has 2 heterocycles. The Bertz CT molecular complexity index is 1180. The van der Waals surface area contributed by atoms with Crippen molar-refractivity contribution in [3.05, 3.63) is 40.4 Å². The third-order valence-corrected chi connectivity index (χ3v) is 7.81. The van der Waals surface area contributed by atoms with Crippen molar-refractivity contribution in [1.29, 1.82) is 5.26 Å². The fourth-order valence-corrected chi connectivity index (χ4v) is 5.18. The van der Waals surface area contributed by atoms with Gasteiger partial charge in [0, 0.05) is 18.3 Å². The van der Waals surface area contributed by atoms with Gasteiger partial charge in [0.25, 0.3) is 0 Å². The number of carbonyl (C=O) groups is 2. The second kappa shape index (κ2) is 11.6. The molecule has 5 atom stereocenters. The Morgan fingerprint density at radius 2 is 1.94 bits per heavy atom. The number of Topliss-reactive ketones (excluding diaryl/α,β-unsaturated/α-hetero) is 1. The number of hydrogen-bond donors (Lipinski definition) is 2. The summed E-state index contributed by atoms with van der Waals surface area (Å²) in [5, 5.41) is 32.0. The third kappa shape index (κ3) is 6.37. The molecule has 0 spiro atoms. The van der Waals surface area contributed by atoms with Gasteiger partial charge >= 0.3 is 5.97 Å². The van der Waals surface area contributed by atoms with Crippen molar-refractivity contribution in [2.75, 3.05) is 13.2 Å². The molecule has 9 heteroatoms. The molecule has 0 unspecified atom stereocenters. The molecule has 3 rings (SSSR count). The summed E-state index contributed by atoms with van der Waals surface area (Å²) in [5.74, 6) is -2.19. The Morgan fingerprint density at radius 3 is 2.64 bits per heavy atom. The summed E-state index contributed by atoms with van der Waals surface area (Å²) in [6.45, 7) is 8.61. The van der Waals surface area contributed by atoms with Crippen molar-refractivity contribution >= 4 is 33.3 Å². The van der Waals surface area contributed by atoms with Gasteiger partial charge in [-0.1, -0.05) is 39.8 Å². The highest BCUT2D eigenvalue weighted by atomic mass is 32.1. The first-order chi connectivity index (χ1) is 16.9. The smallest absolute Gasteiger partial charge is 0.309 e. The van der Waals surface area contributed by atoms with Crippen LogP contribution >= 0.6 is 11.3 Å². The van der Waals surface area contributed by atoms with Crippen LogP contribution in [-0.2, 0) is 19.1 Å². The lowest BCUT2D eigenvalue weighted by Crippen LogP contribution is -2.46. The van der Waals surface area contributed by atoms with Gasteiger partial charge in [-0.3, -0.25) is 9.59 Å². The fourth-order valence-electron chi connectivity index (χ4n) is 4.37. The Hall–Kier alpha value is -2.64. The lowest BCUT2D eigenvalue weighted by atomic mass is 9.73. The number of cyclic esters (lactones) is 1. The van der Waals surface area contributed by atoms with Crippen LogP contribution in [0.25, 0.3) is 10.2 Å². The van der Waals surface area contributed by atoms with Crippen LogP contribution in [0.2, 0.25) is 0 Å². The minimum atomic E-state index is -1.30. The summed E-state index contributed by atoms with van der Waals surface area (Å²) in [5.41, 5.74) is 0.587. The van der Waals surface area contributed by atoms with Gasteiger partial charge in [-0.15, -0.1) is 11.3 Å². The van der Waals surface area contributed by atoms with Crippen LogP contribution < -0.4 is 0 Å². The van der Waals surface area contributed by atoms with Gasteiger partial charge in [0.1, 0.15) is 11.9 Å². The molecule has 194 valence electrons. The van der Waals surface area contributed by atoms with Gasteiger partial charge < -0.3 is 19.7 Å². The number of nitrogens with zero attached hydrogens (tertiary/aromatic N) is 2. The van der Waals surface area contributed by atoms with Crippen LogP contribution in [0.3, 0.4) is 0 Å². The van der Waals surface area contributed by atoms with Crippen LogP contribution in [0.4, 0.5) is 0 Å². The first kappa shape index (κ1) is 27.9. The van der Waals surface area contributed by atoms with Crippen molar-refractivity contribution in [2.45, 2.75) is 65.8 Å². The van der Waals surface area contributed by atoms with E-state index in [0.29, 0.717) is 11.1 Å². The number of aliphatic hydroxyl groups excluding tert-OH is 2. The van der Waals surface area contributed by atoms with Gasteiger partial charge in [-0.05, 0) is 24.6 Å². The number of rotatable bonds is 1. The van der Waals surface area contributed by atoms with E-state index in [1.807, 2.05) is 25.1 Å². The Labute approximate surface area is 215 Å². The number of fused-ring (bicyclic) bond motifs is 1. The largest absolute Gasteiger partial charge is 0.457 e. The number of ether oxygens (including phenoxy) is 2. The number of benzene rings is 1. The zero-order valence-corrected chi connectivity index (χ0v) is 22.2. The minimum absolute atomic E-state index is 0.0328. The zero-order chi connectivity index (χ0) is 26.6. The normalized spacial score (nSPS) is 30.3. The van der Waals surface area contributed by atoms with Crippen LogP contribution in [0, 0.1) is 35.5 Å². The highest BCUT2D eigenvalue weighted by Gasteiger charge is 2.42. The van der Waals surface area contributed by atoms with E-state index in [-0.39, 0.29) is 37.8 Å². The molecule has 1 aromatic carbocycles. The molecule has 0 amide bonds. The standard InChI is InChI=1S/C27H34N2O6S/c1-15-13-34-14-18(12-28)6-8-21(19-7-9-22-20(10-19)29-17(3)36-22)35-24(31)11-23(30)27(4,5)26(33)16(2)25(15)32/h6-7,9-10,15-16,21,23,25,30,32H,8,11,13-14H2,1-5H3/b18-6-/t15-,16+,21-,23+,25-/m0/s1. The van der Waals surface area contributed by atoms with E-state index in [9.17, 15) is 25.1 Å². The average Bonchev–Trinajstić information content (AvgIpc) is 3.22. The van der Waals surface area contributed by atoms with Gasteiger partial charge in [-0.2, -0.15) is 5.26 Å². The second-order valence-corrected chi connectivity index (χ2v) is 11.3. The van der Waals surface area contributed by atoms with Gasteiger partial charge in [0.05, 0.1) is 64.1 Å². The molecule has 0 saturated carbocycles. The second-order valence-electron chi connectivity index (χ2n) is 10.1. The average molecular weight is 515 g/mol. The van der Waals surface area contributed by atoms with E-state index in [4.69, 9.17) is 9.47 Å². The van der Waals surface area contributed by atoms with Crippen molar-refractivity contribution in [3.8, 4) is 6.07 Å². The molecule has 1 aromatic heterocycles. The van der Waals surface area contributed by atoms with E-state index >= 15 is 0 Å². The number of nitriles is 1. The first-order valence-electron chi connectivity index (χ1n) is 12.1. The van der Waals surface area contributed by atoms with Crippen molar-refractivity contribution in [3.63, 3.8) is 0 Å². The molecular weight excluding hydrogens is 480 g/mol. The van der Waals surface area contributed by atoms with Crippen molar-refractivity contribution < 1.29 is 29.3 Å². The number of aromatic nitrogens is 1. The van der Waals surface area contributed by atoms with Crippen LogP contribution in [0.15, 0.2) is 29.8 Å². The lowest BCUT2D eigenvalue weighted by Gasteiger charge is -2.34. The maximum atomic E-state index is 13.2. The molecule has 0 saturated heterocycles. The molecule has 1 aliphatic heterocycles. The van der Waals surface area contributed by atoms with Crippen molar-refractivity contribution in [2.24, 2.45) is 17.3 Å². The van der Waals surface area contributed by atoms with E-state index in [0.717, 1.165) is 15.2 Å². The monoisotopic (exact) mass is 514 g/mol. The number of esters is 1. The topological polar surface area (TPSA) is 130 Å². The minimum Gasteiger partial charge on any atom is -0.457 e. The number of aryl methyl sites for hydroxylation is 1. The SMILES string of the molecule is Cc1nc2cc([C@@H]3C/C=C(/C#N)COC[C@H](C)[C@H](O)[C@@H](C)C(=O)C(C)(C)[C@H](O)CC(=O)O3)ccc2s1.